The molecule has 0 fully saturated rings. The molecule has 134 valence electrons. The molecular formula is C17H14Cl2N4O2S. The molecule has 0 atom stereocenters. The first-order valence-electron chi connectivity index (χ1n) is 7.49. The number of nitrogens with zero attached hydrogens (tertiary/aromatic N) is 2. The first kappa shape index (κ1) is 18.6. The van der Waals surface area contributed by atoms with Gasteiger partial charge in [0.1, 0.15) is 5.75 Å². The number of hydrogen-bond acceptors (Lipinski definition) is 5. The van der Waals surface area contributed by atoms with Crippen LogP contribution in [0.4, 0.5) is 5.69 Å². The van der Waals surface area contributed by atoms with Gasteiger partial charge in [0.15, 0.2) is 5.82 Å². The van der Waals surface area contributed by atoms with Crippen molar-refractivity contribution in [1.29, 1.82) is 0 Å². The van der Waals surface area contributed by atoms with Crippen molar-refractivity contribution in [2.24, 2.45) is 0 Å². The molecule has 1 amide bonds. The fourth-order valence-corrected chi connectivity index (χ4v) is 3.27. The normalized spacial score (nSPS) is 10.6. The summed E-state index contributed by atoms with van der Waals surface area (Å²) in [6.45, 7) is 0. The zero-order chi connectivity index (χ0) is 18.5. The van der Waals surface area contributed by atoms with Crippen LogP contribution >= 0.6 is 35.0 Å². The number of aromatic amines is 1. The summed E-state index contributed by atoms with van der Waals surface area (Å²) in [6, 6.07) is 12.3. The molecule has 0 unspecified atom stereocenters. The van der Waals surface area contributed by atoms with Gasteiger partial charge in [-0.15, -0.1) is 5.10 Å². The largest absolute Gasteiger partial charge is 0.497 e. The van der Waals surface area contributed by atoms with E-state index in [0.717, 1.165) is 11.3 Å². The molecule has 2 N–H and O–H groups in total. The maximum Gasteiger partial charge on any atom is 0.234 e. The lowest BCUT2D eigenvalue weighted by Crippen LogP contribution is -2.14. The fourth-order valence-electron chi connectivity index (χ4n) is 2.14. The van der Waals surface area contributed by atoms with E-state index >= 15 is 0 Å². The number of thioether (sulfide) groups is 1. The van der Waals surface area contributed by atoms with Gasteiger partial charge < -0.3 is 10.1 Å². The number of halogens is 2. The maximum atomic E-state index is 12.1. The second-order valence-corrected chi connectivity index (χ2v) is 7.01. The number of amides is 1. The Balaban J connectivity index is 1.57. The zero-order valence-electron chi connectivity index (χ0n) is 13.6. The van der Waals surface area contributed by atoms with E-state index in [-0.39, 0.29) is 11.7 Å². The van der Waals surface area contributed by atoms with Gasteiger partial charge in [0.25, 0.3) is 0 Å². The van der Waals surface area contributed by atoms with E-state index in [4.69, 9.17) is 27.9 Å². The highest BCUT2D eigenvalue weighted by atomic mass is 35.5. The summed E-state index contributed by atoms with van der Waals surface area (Å²) in [5.41, 5.74) is 1.42. The summed E-state index contributed by atoms with van der Waals surface area (Å²) in [6.07, 6.45) is 0. The molecule has 1 aromatic heterocycles. The van der Waals surface area contributed by atoms with E-state index in [2.05, 4.69) is 20.5 Å². The van der Waals surface area contributed by atoms with Crippen LogP contribution in [-0.4, -0.2) is 34.0 Å². The van der Waals surface area contributed by atoms with Gasteiger partial charge in [0.2, 0.25) is 11.1 Å². The minimum Gasteiger partial charge on any atom is -0.497 e. The van der Waals surface area contributed by atoms with Crippen molar-refractivity contribution >= 4 is 46.6 Å². The van der Waals surface area contributed by atoms with E-state index in [1.807, 2.05) is 24.3 Å². The summed E-state index contributed by atoms with van der Waals surface area (Å²) in [7, 11) is 1.61. The van der Waals surface area contributed by atoms with Crippen LogP contribution in [0.15, 0.2) is 47.6 Å². The molecule has 0 aliphatic heterocycles. The molecule has 0 saturated heterocycles. The van der Waals surface area contributed by atoms with Gasteiger partial charge in [-0.25, -0.2) is 4.98 Å². The molecule has 9 heteroatoms. The van der Waals surface area contributed by atoms with Crippen LogP contribution in [0, 0.1) is 0 Å². The molecule has 3 aromatic rings. The monoisotopic (exact) mass is 408 g/mol. The summed E-state index contributed by atoms with van der Waals surface area (Å²) in [5, 5.41) is 11.1. The molecule has 6 nitrogen and oxygen atoms in total. The molecule has 0 aliphatic carbocycles. The lowest BCUT2D eigenvalue weighted by Gasteiger charge is -2.05. The van der Waals surface area contributed by atoms with Gasteiger partial charge >= 0.3 is 0 Å². The SMILES string of the molecule is COc1ccc(-c2nc(SCC(=O)Nc3cc(Cl)cc(Cl)c3)n[nH]2)cc1. The number of ether oxygens (including phenoxy) is 1. The third kappa shape index (κ3) is 4.91. The molecule has 0 saturated carbocycles. The Morgan fingerprint density at radius 1 is 1.19 bits per heavy atom. The Morgan fingerprint density at radius 2 is 1.88 bits per heavy atom. The summed E-state index contributed by atoms with van der Waals surface area (Å²) in [5.74, 6) is 1.34. The molecule has 3 rings (SSSR count). The van der Waals surface area contributed by atoms with E-state index in [1.165, 1.54) is 11.8 Å². The third-order valence-electron chi connectivity index (χ3n) is 3.31. The minimum absolute atomic E-state index is 0.157. The highest BCUT2D eigenvalue weighted by Crippen LogP contribution is 2.24. The fraction of sp³-hybridized carbons (Fsp3) is 0.118. The smallest absolute Gasteiger partial charge is 0.234 e. The predicted octanol–water partition coefficient (Wildman–Crippen LogP) is 4.52. The number of aromatic nitrogens is 3. The molecule has 2 aromatic carbocycles. The molecule has 26 heavy (non-hydrogen) atoms. The lowest BCUT2D eigenvalue weighted by atomic mass is 10.2. The molecular weight excluding hydrogens is 395 g/mol. The number of carbonyl (C=O) groups excluding carboxylic acids is 1. The molecule has 0 spiro atoms. The Labute approximate surface area is 164 Å². The Hall–Kier alpha value is -2.22. The van der Waals surface area contributed by atoms with E-state index < -0.39 is 0 Å². The summed E-state index contributed by atoms with van der Waals surface area (Å²) < 4.78 is 5.13. The molecule has 0 aliphatic rings. The van der Waals surface area contributed by atoms with Gasteiger partial charge in [0.05, 0.1) is 12.9 Å². The maximum absolute atomic E-state index is 12.1. The van der Waals surface area contributed by atoms with Crippen LogP contribution in [0.25, 0.3) is 11.4 Å². The average molecular weight is 409 g/mol. The second kappa shape index (κ2) is 8.44. The topological polar surface area (TPSA) is 79.9 Å². The quantitative estimate of drug-likeness (QED) is 0.586. The van der Waals surface area contributed by atoms with Crippen molar-refractivity contribution in [2.75, 3.05) is 18.2 Å². The van der Waals surface area contributed by atoms with Gasteiger partial charge in [-0.3, -0.25) is 9.89 Å². The summed E-state index contributed by atoms with van der Waals surface area (Å²) >= 11 is 13.1. The first-order chi connectivity index (χ1) is 12.5. The van der Waals surface area contributed by atoms with Crippen molar-refractivity contribution in [3.63, 3.8) is 0 Å². The standard InChI is InChI=1S/C17H14Cl2N4O2S/c1-25-14-4-2-10(3-5-14)16-21-17(23-22-16)26-9-15(24)20-13-7-11(18)6-12(19)8-13/h2-8H,9H2,1H3,(H,20,24)(H,21,22,23). The van der Waals surface area contributed by atoms with E-state index in [1.54, 1.807) is 25.3 Å². The predicted molar refractivity (Wildman–Crippen MR) is 104 cm³/mol. The highest BCUT2D eigenvalue weighted by molar-refractivity contribution is 7.99. The van der Waals surface area contributed by atoms with Crippen LogP contribution in [0.2, 0.25) is 10.0 Å². The molecule has 0 bridgehead atoms. The van der Waals surface area contributed by atoms with Crippen LogP contribution in [0.5, 0.6) is 5.75 Å². The number of rotatable bonds is 6. The minimum atomic E-state index is -0.205. The average Bonchev–Trinajstić information content (AvgIpc) is 3.08. The number of hydrogen-bond donors (Lipinski definition) is 2. The number of benzene rings is 2. The lowest BCUT2D eigenvalue weighted by molar-refractivity contribution is -0.113. The Morgan fingerprint density at radius 3 is 2.54 bits per heavy atom. The Kier molecular flexibility index (Phi) is 6.03. The van der Waals surface area contributed by atoms with Crippen molar-refractivity contribution in [3.8, 4) is 17.1 Å². The van der Waals surface area contributed by atoms with Crippen molar-refractivity contribution in [2.45, 2.75) is 5.16 Å². The number of anilines is 1. The van der Waals surface area contributed by atoms with Crippen LogP contribution in [-0.2, 0) is 4.79 Å². The highest BCUT2D eigenvalue weighted by Gasteiger charge is 2.10. The molecule has 1 heterocycles. The van der Waals surface area contributed by atoms with Crippen molar-refractivity contribution < 1.29 is 9.53 Å². The Bertz CT molecular complexity index is 895. The number of carbonyl (C=O) groups is 1. The van der Waals surface area contributed by atoms with Gasteiger partial charge in [0, 0.05) is 21.3 Å². The molecule has 0 radical (unpaired) electrons. The summed E-state index contributed by atoms with van der Waals surface area (Å²) in [4.78, 5) is 16.4. The first-order valence-corrected chi connectivity index (χ1v) is 9.23. The number of methoxy groups -OCH3 is 1. The number of H-pyrrole nitrogens is 1. The van der Waals surface area contributed by atoms with Crippen molar-refractivity contribution in [3.05, 3.63) is 52.5 Å². The van der Waals surface area contributed by atoms with Gasteiger partial charge in [-0.05, 0) is 42.5 Å². The van der Waals surface area contributed by atoms with Crippen LogP contribution in [0.3, 0.4) is 0 Å². The third-order valence-corrected chi connectivity index (χ3v) is 4.59. The van der Waals surface area contributed by atoms with Gasteiger partial charge in [-0.2, -0.15) is 0 Å². The second-order valence-electron chi connectivity index (χ2n) is 5.19. The van der Waals surface area contributed by atoms with Gasteiger partial charge in [-0.1, -0.05) is 35.0 Å². The van der Waals surface area contributed by atoms with E-state index in [9.17, 15) is 4.79 Å². The zero-order valence-corrected chi connectivity index (χ0v) is 16.0. The van der Waals surface area contributed by atoms with Crippen LogP contribution < -0.4 is 10.1 Å². The number of nitrogens with one attached hydrogen (secondary N) is 2. The van der Waals surface area contributed by atoms with Crippen molar-refractivity contribution in [1.82, 2.24) is 15.2 Å². The van der Waals surface area contributed by atoms with Crippen LogP contribution in [0.1, 0.15) is 0 Å². The van der Waals surface area contributed by atoms with E-state index in [0.29, 0.717) is 26.7 Å².